The Bertz CT molecular complexity index is 1200. The molecule has 1 amide bonds. The molecule has 0 atom stereocenters. The zero-order chi connectivity index (χ0) is 20.4. The highest BCUT2D eigenvalue weighted by Gasteiger charge is 2.21. The first kappa shape index (κ1) is 18.6. The highest BCUT2D eigenvalue weighted by molar-refractivity contribution is 7.15. The molecule has 144 valence electrons. The van der Waals surface area contributed by atoms with E-state index in [0.717, 1.165) is 22.3 Å². The summed E-state index contributed by atoms with van der Waals surface area (Å²) in [5.41, 5.74) is 1.72. The number of carboxylic acids is 1. The Morgan fingerprint density at radius 2 is 1.83 bits per heavy atom. The zero-order valence-electron chi connectivity index (χ0n) is 14.9. The lowest BCUT2D eigenvalue weighted by molar-refractivity contribution is 0.0698. The fraction of sp³-hybridized carbons (Fsp3) is 0. The summed E-state index contributed by atoms with van der Waals surface area (Å²) >= 11 is 1.11. The second-order valence-corrected chi connectivity index (χ2v) is 7.07. The van der Waals surface area contributed by atoms with Crippen LogP contribution in [0.4, 0.5) is 9.39 Å². The number of furan rings is 1. The standard InChI is InChI=1S/C22H14FNO4S/c23-16-9-6-13(7-10-16)5-8-15-12-29-21(19(15)22(26)27)24-20(25)18-11-14-3-1-2-4-17(14)28-18/h1-12H,(H,24,25)(H,26,27)/b8-5+. The molecule has 2 aromatic heterocycles. The number of para-hydroxylation sites is 1. The SMILES string of the molecule is O=C(Nc1scc(/C=C/c2ccc(F)cc2)c1C(=O)O)c1cc2ccccc2o1. The van der Waals surface area contributed by atoms with Crippen molar-refractivity contribution in [2.45, 2.75) is 0 Å². The third-order valence-electron chi connectivity index (χ3n) is 4.24. The number of nitrogens with one attached hydrogen (secondary N) is 1. The van der Waals surface area contributed by atoms with Gasteiger partial charge in [0, 0.05) is 16.3 Å². The lowest BCUT2D eigenvalue weighted by Gasteiger charge is -2.02. The molecule has 2 aromatic carbocycles. The van der Waals surface area contributed by atoms with Gasteiger partial charge in [-0.15, -0.1) is 11.3 Å². The molecule has 0 spiro atoms. The molecule has 0 aliphatic heterocycles. The third-order valence-corrected chi connectivity index (χ3v) is 5.15. The topological polar surface area (TPSA) is 79.5 Å². The van der Waals surface area contributed by atoms with Gasteiger partial charge in [0.05, 0.1) is 0 Å². The highest BCUT2D eigenvalue weighted by Crippen LogP contribution is 2.31. The summed E-state index contributed by atoms with van der Waals surface area (Å²) in [5, 5.41) is 14.9. The number of carbonyl (C=O) groups excluding carboxylic acids is 1. The maximum Gasteiger partial charge on any atom is 0.339 e. The number of benzene rings is 2. The molecule has 0 saturated heterocycles. The Morgan fingerprint density at radius 3 is 2.55 bits per heavy atom. The molecule has 0 unspecified atom stereocenters. The van der Waals surface area contributed by atoms with Crippen LogP contribution in [0.2, 0.25) is 0 Å². The minimum atomic E-state index is -1.16. The summed E-state index contributed by atoms with van der Waals surface area (Å²) in [4.78, 5) is 24.3. The number of carbonyl (C=O) groups is 2. The van der Waals surface area contributed by atoms with Gasteiger partial charge >= 0.3 is 5.97 Å². The molecular formula is C22H14FNO4S. The van der Waals surface area contributed by atoms with E-state index in [-0.39, 0.29) is 22.1 Å². The van der Waals surface area contributed by atoms with Crippen LogP contribution in [0.5, 0.6) is 0 Å². The monoisotopic (exact) mass is 407 g/mol. The summed E-state index contributed by atoms with van der Waals surface area (Å²) in [6.45, 7) is 0. The minimum absolute atomic E-state index is 0.0159. The van der Waals surface area contributed by atoms with Crippen LogP contribution in [0, 0.1) is 5.82 Å². The van der Waals surface area contributed by atoms with Gasteiger partial charge in [0.2, 0.25) is 0 Å². The van der Waals surface area contributed by atoms with Crippen molar-refractivity contribution in [3.63, 3.8) is 0 Å². The Hall–Kier alpha value is -3.71. The number of hydrogen-bond acceptors (Lipinski definition) is 4. The smallest absolute Gasteiger partial charge is 0.339 e. The summed E-state index contributed by atoms with van der Waals surface area (Å²) in [6, 6.07) is 14.6. The van der Waals surface area contributed by atoms with Crippen LogP contribution in [0.3, 0.4) is 0 Å². The number of anilines is 1. The van der Waals surface area contributed by atoms with Gasteiger partial charge in [0.25, 0.3) is 5.91 Å². The first-order chi connectivity index (χ1) is 14.0. The molecule has 7 heteroatoms. The summed E-state index contributed by atoms with van der Waals surface area (Å²) < 4.78 is 18.5. The summed E-state index contributed by atoms with van der Waals surface area (Å²) in [7, 11) is 0. The Labute approximate surface area is 168 Å². The molecule has 29 heavy (non-hydrogen) atoms. The number of hydrogen-bond donors (Lipinski definition) is 2. The number of aromatic carboxylic acids is 1. The van der Waals surface area contributed by atoms with Crippen molar-refractivity contribution in [3.05, 3.63) is 88.2 Å². The molecule has 2 N–H and O–H groups in total. The molecule has 0 bridgehead atoms. The van der Waals surface area contributed by atoms with E-state index in [9.17, 15) is 19.1 Å². The Kier molecular flexibility index (Phi) is 4.97. The maximum atomic E-state index is 13.0. The van der Waals surface area contributed by atoms with Gasteiger partial charge < -0.3 is 14.8 Å². The van der Waals surface area contributed by atoms with Crippen molar-refractivity contribution in [2.75, 3.05) is 5.32 Å². The molecule has 2 heterocycles. The van der Waals surface area contributed by atoms with Crippen molar-refractivity contribution in [3.8, 4) is 0 Å². The van der Waals surface area contributed by atoms with Crippen LogP contribution in [-0.4, -0.2) is 17.0 Å². The Balaban J connectivity index is 1.59. The number of rotatable bonds is 5. The van der Waals surface area contributed by atoms with Crippen molar-refractivity contribution in [1.82, 2.24) is 0 Å². The number of carboxylic acid groups (broad SMARTS) is 1. The maximum absolute atomic E-state index is 13.0. The van der Waals surface area contributed by atoms with E-state index in [1.54, 1.807) is 47.9 Å². The first-order valence-electron chi connectivity index (χ1n) is 8.59. The number of fused-ring (bicyclic) bond motifs is 1. The van der Waals surface area contributed by atoms with E-state index < -0.39 is 11.9 Å². The number of thiophene rings is 1. The average molecular weight is 407 g/mol. The van der Waals surface area contributed by atoms with E-state index in [1.165, 1.54) is 12.1 Å². The second kappa shape index (κ2) is 7.73. The summed E-state index contributed by atoms with van der Waals surface area (Å²) in [5.74, 6) is -1.94. The van der Waals surface area contributed by atoms with Gasteiger partial charge in [-0.25, -0.2) is 9.18 Å². The molecule has 0 aliphatic carbocycles. The van der Waals surface area contributed by atoms with E-state index >= 15 is 0 Å². The van der Waals surface area contributed by atoms with Crippen LogP contribution >= 0.6 is 11.3 Å². The largest absolute Gasteiger partial charge is 0.478 e. The van der Waals surface area contributed by atoms with Gasteiger partial charge in [0.15, 0.2) is 5.76 Å². The van der Waals surface area contributed by atoms with Crippen LogP contribution in [0.1, 0.15) is 32.0 Å². The molecule has 0 aliphatic rings. The van der Waals surface area contributed by atoms with E-state index in [1.807, 2.05) is 12.1 Å². The predicted octanol–water partition coefficient (Wildman–Crippen LogP) is 5.75. The summed E-state index contributed by atoms with van der Waals surface area (Å²) in [6.07, 6.45) is 3.29. The van der Waals surface area contributed by atoms with E-state index in [0.29, 0.717) is 11.1 Å². The third kappa shape index (κ3) is 3.95. The minimum Gasteiger partial charge on any atom is -0.478 e. The van der Waals surface area contributed by atoms with Gasteiger partial charge in [-0.3, -0.25) is 4.79 Å². The van der Waals surface area contributed by atoms with Gasteiger partial charge in [-0.1, -0.05) is 42.5 Å². The lowest BCUT2D eigenvalue weighted by Crippen LogP contribution is -2.12. The van der Waals surface area contributed by atoms with E-state index in [2.05, 4.69) is 5.32 Å². The molecular weight excluding hydrogens is 393 g/mol. The van der Waals surface area contributed by atoms with Gasteiger partial charge in [0.1, 0.15) is 22.0 Å². The quantitative estimate of drug-likeness (QED) is 0.441. The van der Waals surface area contributed by atoms with Crippen LogP contribution < -0.4 is 5.32 Å². The van der Waals surface area contributed by atoms with E-state index in [4.69, 9.17) is 4.42 Å². The molecule has 0 fully saturated rings. The second-order valence-electron chi connectivity index (χ2n) is 6.19. The Morgan fingerprint density at radius 1 is 1.07 bits per heavy atom. The fourth-order valence-electron chi connectivity index (χ4n) is 2.82. The van der Waals surface area contributed by atoms with Gasteiger partial charge in [-0.2, -0.15) is 0 Å². The van der Waals surface area contributed by atoms with Crippen molar-refractivity contribution >= 4 is 51.3 Å². The number of amides is 1. The fourth-order valence-corrected chi connectivity index (χ4v) is 3.74. The normalized spacial score (nSPS) is 11.2. The van der Waals surface area contributed by atoms with Crippen molar-refractivity contribution < 1.29 is 23.5 Å². The van der Waals surface area contributed by atoms with Crippen molar-refractivity contribution in [2.24, 2.45) is 0 Å². The van der Waals surface area contributed by atoms with Gasteiger partial charge in [-0.05, 0) is 29.8 Å². The van der Waals surface area contributed by atoms with Crippen LogP contribution in [-0.2, 0) is 0 Å². The van der Waals surface area contributed by atoms with Crippen LogP contribution in [0.15, 0.2) is 64.4 Å². The first-order valence-corrected chi connectivity index (χ1v) is 9.47. The number of halogens is 1. The molecule has 0 radical (unpaired) electrons. The lowest BCUT2D eigenvalue weighted by atomic mass is 10.1. The zero-order valence-corrected chi connectivity index (χ0v) is 15.7. The predicted molar refractivity (Wildman–Crippen MR) is 111 cm³/mol. The average Bonchev–Trinajstić information content (AvgIpc) is 3.31. The molecule has 5 nitrogen and oxygen atoms in total. The van der Waals surface area contributed by atoms with Crippen LogP contribution in [0.25, 0.3) is 23.1 Å². The highest BCUT2D eigenvalue weighted by atomic mass is 32.1. The molecule has 0 saturated carbocycles. The molecule has 4 rings (SSSR count). The van der Waals surface area contributed by atoms with Crippen molar-refractivity contribution in [1.29, 1.82) is 0 Å². The molecule has 4 aromatic rings.